The number of aromatic nitrogens is 3. The summed E-state index contributed by atoms with van der Waals surface area (Å²) in [4.78, 5) is 31.3. The molecule has 60 heavy (non-hydrogen) atoms. The number of esters is 1. The predicted molar refractivity (Wildman–Crippen MR) is 230 cm³/mol. The molecule has 3 saturated heterocycles. The molecule has 2 aromatic carbocycles. The van der Waals surface area contributed by atoms with Gasteiger partial charge in [0.1, 0.15) is 41.4 Å². The number of terminal acetylenes is 1. The highest BCUT2D eigenvalue weighted by Gasteiger charge is 2.49. The molecular formula is C48H60F3N5O4. The Hall–Kier alpha value is -4.47. The van der Waals surface area contributed by atoms with Gasteiger partial charge < -0.3 is 19.1 Å². The normalized spacial score (nSPS) is 19.4. The SMILES string of the molecule is C#Cc1c(F)ccc2cc(OC(=O)CCCCCCCCCCCCCCC)cc(-c3ncc4c(N5CCCOCC5)nc(OC[C@@]56CCCN5C[C@H](F)C6)nc4c3F)c12. The molecule has 3 aliphatic rings. The zero-order valence-electron chi connectivity index (χ0n) is 35.2. The van der Waals surface area contributed by atoms with E-state index in [9.17, 15) is 9.18 Å². The van der Waals surface area contributed by atoms with Crippen LogP contribution in [0.5, 0.6) is 11.8 Å². The molecule has 3 fully saturated rings. The van der Waals surface area contributed by atoms with Crippen molar-refractivity contribution in [3.63, 3.8) is 0 Å². The number of carbonyl (C=O) groups is 1. The lowest BCUT2D eigenvalue weighted by atomic mass is 9.95. The van der Waals surface area contributed by atoms with E-state index in [4.69, 9.17) is 25.6 Å². The van der Waals surface area contributed by atoms with Crippen molar-refractivity contribution in [3.8, 4) is 35.4 Å². The summed E-state index contributed by atoms with van der Waals surface area (Å²) in [7, 11) is 0. The lowest BCUT2D eigenvalue weighted by Gasteiger charge is -2.31. The highest BCUT2D eigenvalue weighted by Crippen LogP contribution is 2.42. The summed E-state index contributed by atoms with van der Waals surface area (Å²) < 4.78 is 65.0. The molecule has 3 aliphatic heterocycles. The van der Waals surface area contributed by atoms with Crippen LogP contribution in [0.2, 0.25) is 0 Å². The molecule has 4 aromatic rings. The number of hydrogen-bond donors (Lipinski definition) is 0. The van der Waals surface area contributed by atoms with Crippen LogP contribution in [-0.2, 0) is 9.53 Å². The topological polar surface area (TPSA) is 89.9 Å². The lowest BCUT2D eigenvalue weighted by Crippen LogP contribution is -2.43. The van der Waals surface area contributed by atoms with Crippen molar-refractivity contribution >= 4 is 33.5 Å². The molecule has 0 spiro atoms. The summed E-state index contributed by atoms with van der Waals surface area (Å²) in [6.07, 6.45) is 25.1. The maximum absolute atomic E-state index is 17.3. The Balaban J connectivity index is 1.11. The second kappa shape index (κ2) is 20.9. The number of pyridine rings is 1. The van der Waals surface area contributed by atoms with E-state index in [1.807, 2.05) is 4.90 Å². The van der Waals surface area contributed by atoms with Gasteiger partial charge in [0.15, 0.2) is 5.82 Å². The average Bonchev–Trinajstić information content (AvgIpc) is 3.63. The monoisotopic (exact) mass is 827 g/mol. The Morgan fingerprint density at radius 3 is 2.45 bits per heavy atom. The van der Waals surface area contributed by atoms with E-state index in [0.717, 1.165) is 45.1 Å². The Bertz CT molecular complexity index is 2140. The van der Waals surface area contributed by atoms with Crippen LogP contribution in [0.25, 0.3) is 32.9 Å². The zero-order valence-corrected chi connectivity index (χ0v) is 35.2. The van der Waals surface area contributed by atoms with E-state index in [0.29, 0.717) is 62.3 Å². The summed E-state index contributed by atoms with van der Waals surface area (Å²) in [5.74, 6) is 1.22. The average molecular weight is 828 g/mol. The molecule has 0 saturated carbocycles. The summed E-state index contributed by atoms with van der Waals surface area (Å²) in [6, 6.07) is 5.86. The van der Waals surface area contributed by atoms with Gasteiger partial charge >= 0.3 is 12.0 Å². The lowest BCUT2D eigenvalue weighted by molar-refractivity contribution is -0.134. The van der Waals surface area contributed by atoms with Crippen molar-refractivity contribution in [2.24, 2.45) is 0 Å². The Kier molecular flexibility index (Phi) is 15.2. The quantitative estimate of drug-likeness (QED) is 0.0374. The van der Waals surface area contributed by atoms with Crippen LogP contribution in [0.1, 0.15) is 128 Å². The first-order valence-corrected chi connectivity index (χ1v) is 22.4. The molecule has 2 atom stereocenters. The fourth-order valence-corrected chi connectivity index (χ4v) is 9.39. The standard InChI is InChI=1S/C48H60F3N5O4/c1-3-5-6-7-8-9-10-11-12-13-14-15-16-19-41(57)60-36-28-34-20-21-40(50)37(4-2)42(34)38(29-36)44-43(51)45-39(31-52-44)46(55-23-18-26-58-27-25-55)54-47(53-45)59-33-48-22-17-24-56(48)32-35(49)30-48/h2,20-21,28-29,31,35H,3,5-19,22-27,30,32-33H2,1H3/t35-,48+/m1/s1. The maximum Gasteiger partial charge on any atom is 0.319 e. The van der Waals surface area contributed by atoms with Gasteiger partial charge in [0.05, 0.1) is 23.1 Å². The van der Waals surface area contributed by atoms with Gasteiger partial charge in [-0.25, -0.2) is 13.2 Å². The van der Waals surface area contributed by atoms with Crippen LogP contribution in [0.15, 0.2) is 30.5 Å². The van der Waals surface area contributed by atoms with Crippen molar-refractivity contribution in [1.29, 1.82) is 0 Å². The second-order valence-corrected chi connectivity index (χ2v) is 16.9. The minimum Gasteiger partial charge on any atom is -0.461 e. The molecule has 0 bridgehead atoms. The number of rotatable bonds is 20. The number of fused-ring (bicyclic) bond motifs is 3. The Morgan fingerprint density at radius 1 is 0.950 bits per heavy atom. The molecular weight excluding hydrogens is 768 g/mol. The first kappa shape index (κ1) is 43.6. The van der Waals surface area contributed by atoms with Crippen molar-refractivity contribution in [2.45, 2.75) is 134 Å². The van der Waals surface area contributed by atoms with Crippen LogP contribution < -0.4 is 14.4 Å². The molecule has 7 rings (SSSR count). The zero-order chi connectivity index (χ0) is 41.9. The number of benzene rings is 2. The molecule has 5 heterocycles. The van der Waals surface area contributed by atoms with Crippen LogP contribution in [-0.4, -0.2) is 83.5 Å². The molecule has 0 aliphatic carbocycles. The van der Waals surface area contributed by atoms with E-state index in [1.54, 1.807) is 6.07 Å². The minimum atomic E-state index is -0.938. The van der Waals surface area contributed by atoms with Crippen LogP contribution >= 0.6 is 0 Å². The smallest absolute Gasteiger partial charge is 0.319 e. The summed E-state index contributed by atoms with van der Waals surface area (Å²) in [5, 5.41) is 1.09. The third-order valence-corrected chi connectivity index (χ3v) is 12.6. The molecule has 0 radical (unpaired) electrons. The number of anilines is 1. The summed E-state index contributed by atoms with van der Waals surface area (Å²) in [5.41, 5.74) is -0.550. The van der Waals surface area contributed by atoms with E-state index < -0.39 is 29.3 Å². The van der Waals surface area contributed by atoms with Crippen molar-refractivity contribution in [3.05, 3.63) is 47.7 Å². The van der Waals surface area contributed by atoms with Gasteiger partial charge in [-0.3, -0.25) is 14.7 Å². The highest BCUT2D eigenvalue weighted by atomic mass is 19.1. The third-order valence-electron chi connectivity index (χ3n) is 12.6. The molecule has 9 nitrogen and oxygen atoms in total. The van der Waals surface area contributed by atoms with Crippen molar-refractivity contribution in [1.82, 2.24) is 19.9 Å². The number of hydrogen-bond acceptors (Lipinski definition) is 9. The van der Waals surface area contributed by atoms with Gasteiger partial charge in [-0.1, -0.05) is 96.0 Å². The van der Waals surface area contributed by atoms with E-state index in [1.165, 1.54) is 82.2 Å². The third kappa shape index (κ3) is 10.3. The highest BCUT2D eigenvalue weighted by molar-refractivity contribution is 6.03. The van der Waals surface area contributed by atoms with Gasteiger partial charge in [0, 0.05) is 56.2 Å². The van der Waals surface area contributed by atoms with Gasteiger partial charge in [0.25, 0.3) is 0 Å². The molecule has 0 unspecified atom stereocenters. The van der Waals surface area contributed by atoms with Gasteiger partial charge in [-0.05, 0) is 55.8 Å². The molecule has 322 valence electrons. The summed E-state index contributed by atoms with van der Waals surface area (Å²) >= 11 is 0. The number of halogens is 3. The maximum atomic E-state index is 17.3. The van der Waals surface area contributed by atoms with E-state index in [2.05, 4.69) is 27.7 Å². The van der Waals surface area contributed by atoms with Crippen molar-refractivity contribution < 1.29 is 32.2 Å². The predicted octanol–water partition coefficient (Wildman–Crippen LogP) is 10.7. The van der Waals surface area contributed by atoms with E-state index in [-0.39, 0.29) is 52.5 Å². The van der Waals surface area contributed by atoms with E-state index >= 15 is 8.78 Å². The number of alkyl halides is 1. The molecule has 2 aromatic heterocycles. The fraction of sp³-hybridized carbons (Fsp3) is 0.583. The fourth-order valence-electron chi connectivity index (χ4n) is 9.39. The minimum absolute atomic E-state index is 0.0293. The molecule has 0 N–H and O–H groups in total. The van der Waals surface area contributed by atoms with Gasteiger partial charge in [-0.15, -0.1) is 6.42 Å². The van der Waals surface area contributed by atoms with Gasteiger partial charge in [-0.2, -0.15) is 9.97 Å². The second-order valence-electron chi connectivity index (χ2n) is 16.9. The molecule has 12 heteroatoms. The molecule has 0 amide bonds. The van der Waals surface area contributed by atoms with Crippen LogP contribution in [0, 0.1) is 24.0 Å². The Morgan fingerprint density at radius 2 is 1.70 bits per heavy atom. The number of ether oxygens (including phenoxy) is 3. The number of unbranched alkanes of at least 4 members (excludes halogenated alkanes) is 12. The summed E-state index contributed by atoms with van der Waals surface area (Å²) in [6.45, 7) is 5.75. The first-order valence-electron chi connectivity index (χ1n) is 22.4. The van der Waals surface area contributed by atoms with Crippen LogP contribution in [0.3, 0.4) is 0 Å². The van der Waals surface area contributed by atoms with Crippen molar-refractivity contribution in [2.75, 3.05) is 50.9 Å². The van der Waals surface area contributed by atoms with Gasteiger partial charge in [0.2, 0.25) is 0 Å². The largest absolute Gasteiger partial charge is 0.461 e. The Labute approximate surface area is 352 Å². The van der Waals surface area contributed by atoms with Crippen LogP contribution in [0.4, 0.5) is 19.0 Å². The first-order chi connectivity index (χ1) is 29.3. The number of carbonyl (C=O) groups excluding carboxylic acids is 1. The number of nitrogens with zero attached hydrogens (tertiary/aromatic N) is 5.